The van der Waals surface area contributed by atoms with Gasteiger partial charge in [0.1, 0.15) is 11.4 Å². The Morgan fingerprint density at radius 2 is 1.65 bits per heavy atom. The fraction of sp³-hybridized carbons (Fsp3) is 0.360. The van der Waals surface area contributed by atoms with Crippen molar-refractivity contribution in [2.45, 2.75) is 20.8 Å². The average molecular weight is 420 g/mol. The molecule has 0 radical (unpaired) electrons. The van der Waals surface area contributed by atoms with Crippen molar-refractivity contribution in [2.75, 3.05) is 44.7 Å². The molecule has 0 saturated carbocycles. The number of anilines is 1. The number of imide groups is 1. The summed E-state index contributed by atoms with van der Waals surface area (Å²) in [6.45, 7) is 10.3. The van der Waals surface area contributed by atoms with E-state index in [4.69, 9.17) is 4.74 Å². The Labute approximate surface area is 183 Å². The van der Waals surface area contributed by atoms with Crippen molar-refractivity contribution in [2.24, 2.45) is 0 Å². The third-order valence-electron chi connectivity index (χ3n) is 6.17. The lowest BCUT2D eigenvalue weighted by atomic mass is 9.97. The van der Waals surface area contributed by atoms with Crippen LogP contribution < -0.4 is 9.64 Å². The molecule has 0 aliphatic carbocycles. The van der Waals surface area contributed by atoms with Crippen LogP contribution in [-0.4, -0.2) is 61.4 Å². The Bertz CT molecular complexity index is 1050. The number of rotatable bonds is 5. The maximum absolute atomic E-state index is 13.8. The van der Waals surface area contributed by atoms with Gasteiger partial charge in [-0.25, -0.2) is 4.90 Å². The van der Waals surface area contributed by atoms with E-state index in [2.05, 4.69) is 22.8 Å². The van der Waals surface area contributed by atoms with Crippen LogP contribution in [0.25, 0.3) is 5.57 Å². The first-order valence-corrected chi connectivity index (χ1v) is 10.8. The number of para-hydroxylation sites is 2. The number of nitrogens with zero attached hydrogens (tertiary/aromatic N) is 3. The fourth-order valence-corrected chi connectivity index (χ4v) is 4.47. The zero-order chi connectivity index (χ0) is 22.1. The Balaban J connectivity index is 1.83. The molecule has 1 saturated heterocycles. The summed E-state index contributed by atoms with van der Waals surface area (Å²) in [7, 11) is 1.55. The fourth-order valence-electron chi connectivity index (χ4n) is 4.47. The summed E-state index contributed by atoms with van der Waals surface area (Å²) in [5.41, 5.74) is 4.39. The predicted molar refractivity (Wildman–Crippen MR) is 122 cm³/mol. The van der Waals surface area contributed by atoms with Crippen molar-refractivity contribution in [1.82, 2.24) is 9.80 Å². The minimum atomic E-state index is -0.297. The van der Waals surface area contributed by atoms with E-state index in [-0.39, 0.29) is 11.8 Å². The van der Waals surface area contributed by atoms with Gasteiger partial charge in [0, 0.05) is 26.2 Å². The topological polar surface area (TPSA) is 53.1 Å². The number of hydrogen-bond donors (Lipinski definition) is 0. The van der Waals surface area contributed by atoms with Crippen LogP contribution in [0.5, 0.6) is 5.75 Å². The molecule has 0 bridgehead atoms. The third kappa shape index (κ3) is 3.72. The van der Waals surface area contributed by atoms with Crippen molar-refractivity contribution < 1.29 is 14.3 Å². The highest BCUT2D eigenvalue weighted by Gasteiger charge is 2.44. The monoisotopic (exact) mass is 419 g/mol. The SMILES string of the molecule is CCN1CCN(C2=C(c3ccc(C)cc3C)C(=O)N(c3ccccc3OC)C2=O)CC1. The normalized spacial score (nSPS) is 17.7. The number of benzene rings is 2. The molecule has 2 aliphatic rings. The molecule has 2 aromatic rings. The molecule has 0 atom stereocenters. The first kappa shape index (κ1) is 21.1. The summed E-state index contributed by atoms with van der Waals surface area (Å²) >= 11 is 0. The number of carbonyl (C=O) groups is 2. The van der Waals surface area contributed by atoms with E-state index in [1.165, 1.54) is 4.90 Å². The van der Waals surface area contributed by atoms with E-state index in [9.17, 15) is 9.59 Å². The van der Waals surface area contributed by atoms with Crippen LogP contribution in [0.2, 0.25) is 0 Å². The van der Waals surface area contributed by atoms with Crippen molar-refractivity contribution in [3.05, 3.63) is 64.9 Å². The average Bonchev–Trinajstić information content (AvgIpc) is 3.03. The molecule has 0 N–H and O–H groups in total. The molecule has 4 rings (SSSR count). The van der Waals surface area contributed by atoms with E-state index >= 15 is 0 Å². The maximum atomic E-state index is 13.8. The molecule has 162 valence electrons. The minimum Gasteiger partial charge on any atom is -0.495 e. The molecule has 0 spiro atoms. The van der Waals surface area contributed by atoms with E-state index in [0.717, 1.165) is 49.4 Å². The van der Waals surface area contributed by atoms with Crippen molar-refractivity contribution in [1.29, 1.82) is 0 Å². The molecule has 2 heterocycles. The van der Waals surface area contributed by atoms with Crippen LogP contribution in [0.4, 0.5) is 5.69 Å². The van der Waals surface area contributed by atoms with Gasteiger partial charge >= 0.3 is 0 Å². The third-order valence-corrected chi connectivity index (χ3v) is 6.17. The number of likely N-dealkylation sites (N-methyl/N-ethyl adjacent to an activating group) is 1. The van der Waals surface area contributed by atoms with Crippen LogP contribution >= 0.6 is 0 Å². The smallest absolute Gasteiger partial charge is 0.282 e. The second-order valence-electron chi connectivity index (χ2n) is 8.08. The molecule has 31 heavy (non-hydrogen) atoms. The molecular formula is C25H29N3O3. The van der Waals surface area contributed by atoms with Gasteiger partial charge in [0.25, 0.3) is 11.8 Å². The molecule has 0 unspecified atom stereocenters. The number of hydrogen-bond acceptors (Lipinski definition) is 5. The number of piperazine rings is 1. The molecule has 1 fully saturated rings. The van der Waals surface area contributed by atoms with Gasteiger partial charge in [0.2, 0.25) is 0 Å². The number of aryl methyl sites for hydroxylation is 2. The van der Waals surface area contributed by atoms with Gasteiger partial charge in [-0.05, 0) is 43.7 Å². The van der Waals surface area contributed by atoms with Crippen LogP contribution in [0.3, 0.4) is 0 Å². The molecular weight excluding hydrogens is 390 g/mol. The van der Waals surface area contributed by atoms with Gasteiger partial charge in [-0.2, -0.15) is 0 Å². The highest BCUT2D eigenvalue weighted by molar-refractivity contribution is 6.45. The summed E-state index contributed by atoms with van der Waals surface area (Å²) < 4.78 is 5.46. The van der Waals surface area contributed by atoms with E-state index in [0.29, 0.717) is 22.7 Å². The first-order chi connectivity index (χ1) is 15.0. The number of carbonyl (C=O) groups excluding carboxylic acids is 2. The molecule has 0 aromatic heterocycles. The molecule has 6 nitrogen and oxygen atoms in total. The highest BCUT2D eigenvalue weighted by atomic mass is 16.5. The number of methoxy groups -OCH3 is 1. The predicted octanol–water partition coefficient (Wildman–Crippen LogP) is 3.23. The lowest BCUT2D eigenvalue weighted by Gasteiger charge is -2.36. The van der Waals surface area contributed by atoms with Crippen LogP contribution in [0, 0.1) is 13.8 Å². The van der Waals surface area contributed by atoms with Crippen LogP contribution in [0.1, 0.15) is 23.6 Å². The summed E-state index contributed by atoms with van der Waals surface area (Å²) in [6.07, 6.45) is 0. The van der Waals surface area contributed by atoms with Crippen molar-refractivity contribution in [3.63, 3.8) is 0 Å². The largest absolute Gasteiger partial charge is 0.495 e. The second-order valence-corrected chi connectivity index (χ2v) is 8.08. The number of ether oxygens (including phenoxy) is 1. The zero-order valence-electron chi connectivity index (χ0n) is 18.6. The molecule has 6 heteroatoms. The summed E-state index contributed by atoms with van der Waals surface area (Å²) in [6, 6.07) is 13.2. The number of amides is 2. The minimum absolute atomic E-state index is 0.283. The molecule has 2 aliphatic heterocycles. The highest BCUT2D eigenvalue weighted by Crippen LogP contribution is 2.39. The van der Waals surface area contributed by atoms with E-state index in [1.54, 1.807) is 19.2 Å². The lowest BCUT2D eigenvalue weighted by Crippen LogP contribution is -2.47. The summed E-state index contributed by atoms with van der Waals surface area (Å²) in [5.74, 6) is -0.0787. The molecule has 2 aromatic carbocycles. The quantitative estimate of drug-likeness (QED) is 0.697. The first-order valence-electron chi connectivity index (χ1n) is 10.8. The standard InChI is InChI=1S/C25H29N3O3/c1-5-26-12-14-27(15-13-26)23-22(19-11-10-17(2)16-18(19)3)24(29)28(25(23)30)20-8-6-7-9-21(20)31-4/h6-11,16H,5,12-15H2,1-4H3. The van der Waals surface area contributed by atoms with Crippen molar-refractivity contribution in [3.8, 4) is 5.75 Å². The molecule has 2 amide bonds. The van der Waals surface area contributed by atoms with Crippen molar-refractivity contribution >= 4 is 23.1 Å². The van der Waals surface area contributed by atoms with E-state index in [1.807, 2.05) is 38.1 Å². The summed E-state index contributed by atoms with van der Waals surface area (Å²) in [4.78, 5) is 33.2. The van der Waals surface area contributed by atoms with Gasteiger partial charge in [0.05, 0.1) is 18.4 Å². The Morgan fingerprint density at radius 3 is 2.29 bits per heavy atom. The van der Waals surface area contributed by atoms with Crippen LogP contribution in [0.15, 0.2) is 48.2 Å². The van der Waals surface area contributed by atoms with Crippen LogP contribution in [-0.2, 0) is 9.59 Å². The van der Waals surface area contributed by atoms with Gasteiger partial charge < -0.3 is 14.5 Å². The zero-order valence-corrected chi connectivity index (χ0v) is 18.6. The lowest BCUT2D eigenvalue weighted by molar-refractivity contribution is -0.120. The second kappa shape index (κ2) is 8.55. The summed E-state index contributed by atoms with van der Waals surface area (Å²) in [5, 5.41) is 0. The van der Waals surface area contributed by atoms with Gasteiger partial charge in [-0.3, -0.25) is 9.59 Å². The Morgan fingerprint density at radius 1 is 0.935 bits per heavy atom. The van der Waals surface area contributed by atoms with Gasteiger partial charge in [0.15, 0.2) is 0 Å². The van der Waals surface area contributed by atoms with Gasteiger partial charge in [-0.1, -0.05) is 42.8 Å². The van der Waals surface area contributed by atoms with E-state index < -0.39 is 0 Å². The maximum Gasteiger partial charge on any atom is 0.282 e. The Hall–Kier alpha value is -3.12. The van der Waals surface area contributed by atoms with Gasteiger partial charge in [-0.15, -0.1) is 0 Å². The Kier molecular flexibility index (Phi) is 5.83.